The third-order valence-electron chi connectivity index (χ3n) is 9.42. The topological polar surface area (TPSA) is 175 Å². The van der Waals surface area contributed by atoms with Crippen LogP contribution in [-0.2, 0) is 28.2 Å². The van der Waals surface area contributed by atoms with Gasteiger partial charge in [-0.15, -0.1) is 27.8 Å². The Morgan fingerprint density at radius 3 is 2.55 bits per heavy atom. The Balaban J connectivity index is 0.818. The zero-order valence-corrected chi connectivity index (χ0v) is 30.2. The number of unbranched alkanes of at least 4 members (excludes halogenated alkanes) is 1. The van der Waals surface area contributed by atoms with E-state index in [1.807, 2.05) is 45.8 Å². The standard InChI is InChI=1S/C36H40N6O6S3/c43-28-14-12-25(33-32(28)39-35(46)51-33)29(44)21-37-20-22-7-13-27-26(19-22)40-41-42(27)16-2-1-15-38-23-8-10-24(11-9-23)48-34(45)36(47,30-5-3-17-49-30)31-6-4-18-50-31/h3-7,12-14,17-19,23-24,29,37-38,43-44,47H,1-2,8-11,15-16,20-21H2,(H,39,46)/t23?,24?,29-/m0/s1. The van der Waals surface area contributed by atoms with E-state index >= 15 is 0 Å². The van der Waals surface area contributed by atoms with Gasteiger partial charge in [-0.3, -0.25) is 4.79 Å². The molecular weight excluding hydrogens is 709 g/mol. The number of nitrogens with one attached hydrogen (secondary N) is 3. The predicted molar refractivity (Wildman–Crippen MR) is 199 cm³/mol. The first-order valence-corrected chi connectivity index (χ1v) is 19.7. The molecule has 12 nitrogen and oxygen atoms in total. The van der Waals surface area contributed by atoms with Gasteiger partial charge in [-0.1, -0.05) is 40.8 Å². The van der Waals surface area contributed by atoms with E-state index in [9.17, 15) is 24.9 Å². The maximum absolute atomic E-state index is 13.3. The summed E-state index contributed by atoms with van der Waals surface area (Å²) in [4.78, 5) is 28.6. The van der Waals surface area contributed by atoms with Crippen LogP contribution in [0, 0.1) is 0 Å². The average Bonchev–Trinajstić information content (AvgIpc) is 3.97. The maximum atomic E-state index is 13.3. The van der Waals surface area contributed by atoms with Gasteiger partial charge in [0, 0.05) is 31.2 Å². The van der Waals surface area contributed by atoms with Crippen LogP contribution in [0.4, 0.5) is 0 Å². The van der Waals surface area contributed by atoms with Crippen molar-refractivity contribution in [3.8, 4) is 5.75 Å². The third-order valence-corrected chi connectivity index (χ3v) is 12.3. The van der Waals surface area contributed by atoms with Gasteiger partial charge in [0.25, 0.3) is 0 Å². The number of carbonyl (C=O) groups excluding carboxylic acids is 1. The molecule has 0 bridgehead atoms. The number of H-pyrrole nitrogens is 1. The van der Waals surface area contributed by atoms with Crippen molar-refractivity contribution < 1.29 is 24.9 Å². The predicted octanol–water partition coefficient (Wildman–Crippen LogP) is 5.15. The quantitative estimate of drug-likeness (QED) is 0.0609. The van der Waals surface area contributed by atoms with Crippen molar-refractivity contribution in [1.29, 1.82) is 0 Å². The van der Waals surface area contributed by atoms with E-state index in [1.165, 1.54) is 28.7 Å². The summed E-state index contributed by atoms with van der Waals surface area (Å²) in [7, 11) is 0. The highest BCUT2D eigenvalue weighted by molar-refractivity contribution is 7.16. The van der Waals surface area contributed by atoms with Crippen LogP contribution in [0.5, 0.6) is 5.75 Å². The molecule has 4 aromatic heterocycles. The minimum absolute atomic E-state index is 0.0161. The van der Waals surface area contributed by atoms with Crippen LogP contribution in [-0.4, -0.2) is 66.5 Å². The molecule has 0 spiro atoms. The van der Waals surface area contributed by atoms with Gasteiger partial charge in [0.2, 0.25) is 5.60 Å². The molecule has 51 heavy (non-hydrogen) atoms. The number of hydrogen-bond donors (Lipinski definition) is 6. The second-order valence-corrected chi connectivity index (χ2v) is 15.8. The first-order chi connectivity index (χ1) is 24.8. The fourth-order valence-electron chi connectivity index (χ4n) is 6.66. The van der Waals surface area contributed by atoms with Gasteiger partial charge < -0.3 is 35.7 Å². The van der Waals surface area contributed by atoms with Crippen LogP contribution in [0.15, 0.2) is 70.2 Å². The molecule has 0 radical (unpaired) electrons. The van der Waals surface area contributed by atoms with Crippen molar-refractivity contribution in [3.05, 3.63) is 95.9 Å². The van der Waals surface area contributed by atoms with Gasteiger partial charge in [0.05, 0.1) is 26.1 Å². The number of aromatic hydroxyl groups is 1. The van der Waals surface area contributed by atoms with E-state index < -0.39 is 17.7 Å². The normalized spacial score (nSPS) is 17.3. The largest absolute Gasteiger partial charge is 0.506 e. The first-order valence-electron chi connectivity index (χ1n) is 17.1. The summed E-state index contributed by atoms with van der Waals surface area (Å²) in [6, 6.07) is 16.8. The van der Waals surface area contributed by atoms with E-state index in [1.54, 1.807) is 18.2 Å². The molecule has 6 N–H and O–H groups in total. The van der Waals surface area contributed by atoms with E-state index in [-0.39, 0.29) is 23.3 Å². The van der Waals surface area contributed by atoms with Crippen molar-refractivity contribution in [2.75, 3.05) is 13.1 Å². The maximum Gasteiger partial charge on any atom is 0.349 e. The smallest absolute Gasteiger partial charge is 0.349 e. The zero-order valence-electron chi connectivity index (χ0n) is 27.8. The number of rotatable bonds is 15. The Labute approximate surface area is 305 Å². The summed E-state index contributed by atoms with van der Waals surface area (Å²) in [6.07, 6.45) is 4.23. The number of esters is 1. The summed E-state index contributed by atoms with van der Waals surface area (Å²) in [6.45, 7) is 2.44. The molecule has 6 aromatic rings. The van der Waals surface area contributed by atoms with Crippen LogP contribution in [0.1, 0.15) is 65.5 Å². The minimum Gasteiger partial charge on any atom is -0.506 e. The summed E-state index contributed by atoms with van der Waals surface area (Å²) in [5.74, 6) is -0.614. The summed E-state index contributed by atoms with van der Waals surface area (Å²) < 4.78 is 8.38. The van der Waals surface area contributed by atoms with Crippen LogP contribution < -0.4 is 15.5 Å². The molecule has 0 unspecified atom stereocenters. The number of aryl methyl sites for hydroxylation is 1. The Morgan fingerprint density at radius 1 is 1.06 bits per heavy atom. The highest BCUT2D eigenvalue weighted by Gasteiger charge is 2.45. The summed E-state index contributed by atoms with van der Waals surface area (Å²) >= 11 is 3.67. The van der Waals surface area contributed by atoms with Crippen molar-refractivity contribution in [1.82, 2.24) is 30.6 Å². The van der Waals surface area contributed by atoms with E-state index in [4.69, 9.17) is 4.74 Å². The lowest BCUT2D eigenvalue weighted by Crippen LogP contribution is -2.41. The fourth-order valence-corrected chi connectivity index (χ4v) is 9.30. The van der Waals surface area contributed by atoms with Crippen LogP contribution in [0.25, 0.3) is 21.3 Å². The Kier molecular flexibility index (Phi) is 10.9. The number of aromatic amines is 1. The summed E-state index contributed by atoms with van der Waals surface area (Å²) in [5, 5.41) is 51.7. The molecule has 0 amide bonds. The lowest BCUT2D eigenvalue weighted by molar-refractivity contribution is -0.169. The number of benzene rings is 2. The second kappa shape index (κ2) is 15.7. The average molecular weight is 749 g/mol. The molecule has 1 atom stereocenters. The van der Waals surface area contributed by atoms with Crippen molar-refractivity contribution in [2.45, 2.75) is 75.5 Å². The number of aliphatic hydroxyl groups is 2. The number of hydrogen-bond acceptors (Lipinski definition) is 13. The SMILES string of the molecule is O=C(OC1CCC(NCCCCn2nnc3cc(CNC[C@H](O)c4ccc(O)c5[nH]c(=O)sc45)ccc32)CC1)C(O)(c1cccs1)c1cccs1. The number of nitrogens with zero attached hydrogens (tertiary/aromatic N) is 3. The Morgan fingerprint density at radius 2 is 1.82 bits per heavy atom. The Hall–Kier alpha value is -3.96. The number of aromatic nitrogens is 4. The zero-order chi connectivity index (χ0) is 35.4. The molecular formula is C36H40N6O6S3. The summed E-state index contributed by atoms with van der Waals surface area (Å²) in [5.41, 5.74) is 1.97. The molecule has 4 heterocycles. The highest BCUT2D eigenvalue weighted by atomic mass is 32.1. The second-order valence-electron chi connectivity index (χ2n) is 12.9. The molecule has 0 saturated heterocycles. The fraction of sp³-hybridized carbons (Fsp3) is 0.389. The van der Waals surface area contributed by atoms with E-state index in [0.29, 0.717) is 38.1 Å². The lowest BCUT2D eigenvalue weighted by atomic mass is 9.92. The molecule has 2 aromatic carbocycles. The van der Waals surface area contributed by atoms with Crippen molar-refractivity contribution in [2.24, 2.45) is 0 Å². The highest BCUT2D eigenvalue weighted by Crippen LogP contribution is 2.38. The van der Waals surface area contributed by atoms with Gasteiger partial charge >= 0.3 is 10.8 Å². The molecule has 1 aliphatic carbocycles. The molecule has 268 valence electrons. The first kappa shape index (κ1) is 35.4. The van der Waals surface area contributed by atoms with Crippen molar-refractivity contribution in [3.63, 3.8) is 0 Å². The molecule has 1 fully saturated rings. The molecule has 7 rings (SSSR count). The number of aliphatic hydroxyl groups excluding tert-OH is 1. The number of thiazole rings is 1. The number of phenolic OH excluding ortho intramolecular Hbond substituents is 1. The third kappa shape index (κ3) is 7.79. The van der Waals surface area contributed by atoms with Gasteiger partial charge in [0.15, 0.2) is 0 Å². The van der Waals surface area contributed by atoms with Gasteiger partial charge in [-0.2, -0.15) is 0 Å². The van der Waals surface area contributed by atoms with E-state index in [0.717, 1.165) is 79.5 Å². The number of fused-ring (bicyclic) bond motifs is 2. The van der Waals surface area contributed by atoms with Gasteiger partial charge in [-0.05, 0) is 91.7 Å². The molecule has 1 aliphatic rings. The van der Waals surface area contributed by atoms with Crippen LogP contribution >= 0.6 is 34.0 Å². The van der Waals surface area contributed by atoms with Crippen molar-refractivity contribution >= 4 is 61.2 Å². The number of ether oxygens (including phenoxy) is 1. The minimum atomic E-state index is -1.77. The van der Waals surface area contributed by atoms with Gasteiger partial charge in [-0.25, -0.2) is 9.48 Å². The Bertz CT molecular complexity index is 2080. The van der Waals surface area contributed by atoms with Crippen LogP contribution in [0.2, 0.25) is 0 Å². The number of carbonyl (C=O) groups is 1. The van der Waals surface area contributed by atoms with E-state index in [2.05, 4.69) is 25.9 Å². The monoisotopic (exact) mass is 748 g/mol. The molecule has 0 aliphatic heterocycles. The number of thiophene rings is 2. The van der Waals surface area contributed by atoms with Gasteiger partial charge in [0.1, 0.15) is 22.9 Å². The number of phenols is 1. The molecule has 15 heteroatoms. The molecule has 1 saturated carbocycles. The lowest BCUT2D eigenvalue weighted by Gasteiger charge is -2.32. The van der Waals surface area contributed by atoms with Crippen LogP contribution in [0.3, 0.4) is 0 Å².